The van der Waals surface area contributed by atoms with Crippen molar-refractivity contribution in [2.24, 2.45) is 0 Å². The molecule has 0 aliphatic heterocycles. The molecule has 0 bridgehead atoms. The van der Waals surface area contributed by atoms with Gasteiger partial charge in [0.1, 0.15) is 0 Å². The molecule has 0 aliphatic carbocycles. The lowest BCUT2D eigenvalue weighted by atomic mass is 9.98. The number of pyridine rings is 2. The average molecular weight is 620 g/mol. The summed E-state index contributed by atoms with van der Waals surface area (Å²) < 4.78 is 2.39. The van der Waals surface area contributed by atoms with Gasteiger partial charge in [-0.3, -0.25) is 4.98 Å². The fraction of sp³-hybridized carbons (Fsp3) is 0. The molecule has 0 radical (unpaired) electrons. The third-order valence-electron chi connectivity index (χ3n) is 8.38. The van der Waals surface area contributed by atoms with E-state index in [0.29, 0.717) is 17.5 Å². The lowest BCUT2D eigenvalue weighted by Crippen LogP contribution is -2.00. The number of hydrogen-bond donors (Lipinski definition) is 0. The lowest BCUT2D eigenvalue weighted by Gasteiger charge is -2.11. The molecule has 0 saturated heterocycles. The molecule has 47 heavy (non-hydrogen) atoms. The van der Waals surface area contributed by atoms with Crippen LogP contribution in [0.2, 0.25) is 0 Å². The molecule has 0 saturated carbocycles. The first-order valence-corrected chi connectivity index (χ1v) is 16.2. The van der Waals surface area contributed by atoms with Gasteiger partial charge < -0.3 is 0 Å². The third-order valence-corrected chi connectivity index (χ3v) is 9.49. The Morgan fingerprint density at radius 2 is 1.02 bits per heavy atom. The maximum absolute atomic E-state index is 5.30. The van der Waals surface area contributed by atoms with Crippen molar-refractivity contribution in [2.75, 3.05) is 0 Å². The zero-order valence-electron chi connectivity index (χ0n) is 25.1. The third kappa shape index (κ3) is 4.92. The van der Waals surface area contributed by atoms with Crippen LogP contribution in [0.15, 0.2) is 152 Å². The quantitative estimate of drug-likeness (QED) is 0.192. The van der Waals surface area contributed by atoms with E-state index >= 15 is 0 Å². The average Bonchev–Trinajstić information content (AvgIpc) is 3.54. The number of benzene rings is 5. The first kappa shape index (κ1) is 27.2. The number of hydrogen-bond acceptors (Lipinski definition) is 6. The Morgan fingerprint density at radius 3 is 1.79 bits per heavy atom. The number of para-hydroxylation sites is 1. The van der Waals surface area contributed by atoms with Crippen molar-refractivity contribution in [1.29, 1.82) is 0 Å². The summed E-state index contributed by atoms with van der Waals surface area (Å²) in [4.78, 5) is 24.8. The van der Waals surface area contributed by atoms with E-state index in [-0.39, 0.29) is 0 Å². The molecule has 6 heteroatoms. The Hall–Kier alpha value is -6.11. The van der Waals surface area contributed by atoms with Crippen molar-refractivity contribution < 1.29 is 0 Å². The monoisotopic (exact) mass is 619 g/mol. The summed E-state index contributed by atoms with van der Waals surface area (Å²) in [5.74, 6) is 1.90. The van der Waals surface area contributed by atoms with Crippen LogP contribution in [0.4, 0.5) is 0 Å². The minimum Gasteiger partial charge on any atom is -0.255 e. The summed E-state index contributed by atoms with van der Waals surface area (Å²) in [6.07, 6.45) is 1.86. The number of thiophene rings is 1. The summed E-state index contributed by atoms with van der Waals surface area (Å²) in [5.41, 5.74) is 8.87. The van der Waals surface area contributed by atoms with Gasteiger partial charge in [-0.15, -0.1) is 11.3 Å². The van der Waals surface area contributed by atoms with Crippen molar-refractivity contribution >= 4 is 42.5 Å². The smallest absolute Gasteiger partial charge is 0.164 e. The van der Waals surface area contributed by atoms with Crippen molar-refractivity contribution in [1.82, 2.24) is 24.9 Å². The molecule has 9 rings (SSSR count). The van der Waals surface area contributed by atoms with E-state index in [1.54, 1.807) is 11.3 Å². The zero-order chi connectivity index (χ0) is 31.2. The predicted molar refractivity (Wildman–Crippen MR) is 193 cm³/mol. The van der Waals surface area contributed by atoms with Gasteiger partial charge in [0, 0.05) is 49.5 Å². The Bertz CT molecular complexity index is 2520. The lowest BCUT2D eigenvalue weighted by molar-refractivity contribution is 1.07. The van der Waals surface area contributed by atoms with Crippen LogP contribution in [-0.2, 0) is 0 Å². The first-order valence-electron chi connectivity index (χ1n) is 15.4. The molecule has 0 unspecified atom stereocenters. The van der Waals surface area contributed by atoms with Crippen molar-refractivity contribution in [3.8, 4) is 56.5 Å². The second kappa shape index (κ2) is 11.4. The summed E-state index contributed by atoms with van der Waals surface area (Å²) in [6, 6.07) is 49.7. The maximum Gasteiger partial charge on any atom is 0.164 e. The molecular formula is C41H25N5S. The molecule has 0 spiro atoms. The second-order valence-electron chi connectivity index (χ2n) is 11.3. The van der Waals surface area contributed by atoms with Gasteiger partial charge in [-0.25, -0.2) is 19.9 Å². The standard InChI is InChI=1S/C41H25N5S/c1-3-11-27(12-4-1)39-44-40(28-13-5-2-6-14-28)46-41(45-39)30-17-7-16-29(25-30)31-18-8-15-26-22-23-33(43-37(26)31)32-19-9-20-34-36(32)38-35(47-34)21-10-24-42-38/h1-25H. The SMILES string of the molecule is c1ccc(-c2nc(-c3ccccc3)nc(-c3cccc(-c4cccc5ccc(-c6cccc7sc8cccnc8c67)nc45)c3)n2)cc1. The molecule has 0 amide bonds. The van der Waals surface area contributed by atoms with Crippen molar-refractivity contribution in [2.45, 2.75) is 0 Å². The Balaban J connectivity index is 1.19. The van der Waals surface area contributed by atoms with Crippen LogP contribution in [0.1, 0.15) is 0 Å². The maximum atomic E-state index is 5.30. The molecule has 0 N–H and O–H groups in total. The summed E-state index contributed by atoms with van der Waals surface area (Å²) in [6.45, 7) is 0. The summed E-state index contributed by atoms with van der Waals surface area (Å²) in [5, 5.41) is 2.23. The van der Waals surface area contributed by atoms with Crippen molar-refractivity contribution in [3.63, 3.8) is 0 Å². The summed E-state index contributed by atoms with van der Waals surface area (Å²) in [7, 11) is 0. The number of nitrogens with zero attached hydrogens (tertiary/aromatic N) is 5. The van der Waals surface area contributed by atoms with E-state index in [4.69, 9.17) is 24.9 Å². The van der Waals surface area contributed by atoms with E-state index in [0.717, 1.165) is 60.9 Å². The van der Waals surface area contributed by atoms with Gasteiger partial charge in [-0.05, 0) is 35.9 Å². The van der Waals surface area contributed by atoms with E-state index in [2.05, 4.69) is 78.9 Å². The van der Waals surface area contributed by atoms with Crippen LogP contribution in [0, 0.1) is 0 Å². The van der Waals surface area contributed by atoms with Gasteiger partial charge in [0.05, 0.1) is 21.4 Å². The van der Waals surface area contributed by atoms with Crippen LogP contribution < -0.4 is 0 Å². The van der Waals surface area contributed by atoms with Crippen LogP contribution in [-0.4, -0.2) is 24.9 Å². The fourth-order valence-corrected chi connectivity index (χ4v) is 7.24. The van der Waals surface area contributed by atoms with E-state index < -0.39 is 0 Å². The van der Waals surface area contributed by atoms with Crippen LogP contribution >= 0.6 is 11.3 Å². The molecule has 0 atom stereocenters. The molecule has 9 aromatic rings. The van der Waals surface area contributed by atoms with E-state index in [1.165, 1.54) is 9.40 Å². The molecule has 220 valence electrons. The zero-order valence-corrected chi connectivity index (χ0v) is 25.9. The molecular weight excluding hydrogens is 595 g/mol. The van der Waals surface area contributed by atoms with E-state index in [1.807, 2.05) is 72.9 Å². The highest BCUT2D eigenvalue weighted by Gasteiger charge is 2.16. The van der Waals surface area contributed by atoms with Crippen LogP contribution in [0.3, 0.4) is 0 Å². The highest BCUT2D eigenvalue weighted by molar-refractivity contribution is 7.25. The normalized spacial score (nSPS) is 11.4. The molecule has 4 aromatic heterocycles. The Kier molecular flexibility index (Phi) is 6.58. The number of aromatic nitrogens is 5. The Morgan fingerprint density at radius 1 is 0.404 bits per heavy atom. The summed E-state index contributed by atoms with van der Waals surface area (Å²) >= 11 is 1.77. The van der Waals surface area contributed by atoms with Gasteiger partial charge in [-0.2, -0.15) is 0 Å². The number of rotatable bonds is 5. The molecule has 5 nitrogen and oxygen atoms in total. The fourth-order valence-electron chi connectivity index (χ4n) is 6.15. The minimum atomic E-state index is 0.622. The largest absolute Gasteiger partial charge is 0.255 e. The molecule has 0 fully saturated rings. The van der Waals surface area contributed by atoms with E-state index in [9.17, 15) is 0 Å². The highest BCUT2D eigenvalue weighted by atomic mass is 32.1. The van der Waals surface area contributed by atoms with Crippen LogP contribution in [0.25, 0.3) is 87.8 Å². The Labute approximate surface area is 275 Å². The van der Waals surface area contributed by atoms with Gasteiger partial charge in [0.2, 0.25) is 0 Å². The van der Waals surface area contributed by atoms with Crippen LogP contribution in [0.5, 0.6) is 0 Å². The van der Waals surface area contributed by atoms with Gasteiger partial charge in [0.15, 0.2) is 17.5 Å². The molecule has 4 heterocycles. The van der Waals surface area contributed by atoms with Gasteiger partial charge in [-0.1, -0.05) is 115 Å². The molecule has 5 aromatic carbocycles. The van der Waals surface area contributed by atoms with Gasteiger partial charge in [0.25, 0.3) is 0 Å². The molecule has 0 aliphatic rings. The second-order valence-corrected chi connectivity index (χ2v) is 12.4. The first-order chi connectivity index (χ1) is 23.3. The topological polar surface area (TPSA) is 64.5 Å². The highest BCUT2D eigenvalue weighted by Crippen LogP contribution is 2.39. The van der Waals surface area contributed by atoms with Gasteiger partial charge >= 0.3 is 0 Å². The number of fused-ring (bicyclic) bond motifs is 4. The predicted octanol–water partition coefficient (Wildman–Crippen LogP) is 10.5. The van der Waals surface area contributed by atoms with Crippen molar-refractivity contribution in [3.05, 3.63) is 152 Å². The minimum absolute atomic E-state index is 0.622.